The Kier molecular flexibility index (Phi) is 5.67. The van der Waals surface area contributed by atoms with Crippen LogP contribution in [0.5, 0.6) is 0 Å². The fourth-order valence-electron chi connectivity index (χ4n) is 1.12. The summed E-state index contributed by atoms with van der Waals surface area (Å²) >= 11 is 0. The summed E-state index contributed by atoms with van der Waals surface area (Å²) in [7, 11) is 3.45. The number of carbonyl (C=O) groups excluding carboxylic acids is 2. The molecule has 0 aromatic heterocycles. The lowest BCUT2D eigenvalue weighted by atomic mass is 10.3. The standard InChI is InChI=1S/C11H20N2O2/c1-6-10(14)12(4)7-8-13(5)11(15)9(2)3/h2,6-8H2,1,3-5H3. The van der Waals surface area contributed by atoms with E-state index in [2.05, 4.69) is 6.58 Å². The first-order valence-electron chi connectivity index (χ1n) is 5.05. The first-order valence-corrected chi connectivity index (χ1v) is 5.05. The largest absolute Gasteiger partial charge is 0.344 e. The summed E-state index contributed by atoms with van der Waals surface area (Å²) < 4.78 is 0. The summed E-state index contributed by atoms with van der Waals surface area (Å²) in [4.78, 5) is 25.8. The molecule has 0 fully saturated rings. The van der Waals surface area contributed by atoms with Crippen molar-refractivity contribution in [3.05, 3.63) is 12.2 Å². The lowest BCUT2D eigenvalue weighted by Gasteiger charge is -2.22. The molecule has 0 saturated carbocycles. The summed E-state index contributed by atoms with van der Waals surface area (Å²) in [6.45, 7) is 8.18. The van der Waals surface area contributed by atoms with E-state index in [1.165, 1.54) is 0 Å². The molecule has 0 atom stereocenters. The van der Waals surface area contributed by atoms with Crippen LogP contribution in [0.4, 0.5) is 0 Å². The van der Waals surface area contributed by atoms with Crippen LogP contribution in [0.3, 0.4) is 0 Å². The third-order valence-electron chi connectivity index (χ3n) is 2.21. The first kappa shape index (κ1) is 13.7. The van der Waals surface area contributed by atoms with Crippen LogP contribution in [0.1, 0.15) is 20.3 Å². The van der Waals surface area contributed by atoms with Crippen LogP contribution in [0.15, 0.2) is 12.2 Å². The van der Waals surface area contributed by atoms with Gasteiger partial charge in [0.05, 0.1) is 0 Å². The number of amides is 2. The van der Waals surface area contributed by atoms with E-state index in [0.717, 1.165) is 0 Å². The van der Waals surface area contributed by atoms with Gasteiger partial charge < -0.3 is 9.80 Å². The number of carbonyl (C=O) groups is 2. The van der Waals surface area contributed by atoms with Gasteiger partial charge in [-0.15, -0.1) is 0 Å². The zero-order valence-electron chi connectivity index (χ0n) is 10.0. The molecule has 0 aliphatic heterocycles. The van der Waals surface area contributed by atoms with Gasteiger partial charge in [-0.25, -0.2) is 0 Å². The van der Waals surface area contributed by atoms with Crippen molar-refractivity contribution in [3.63, 3.8) is 0 Å². The van der Waals surface area contributed by atoms with Crippen LogP contribution >= 0.6 is 0 Å². The molecule has 0 aliphatic rings. The van der Waals surface area contributed by atoms with Gasteiger partial charge in [-0.1, -0.05) is 13.5 Å². The van der Waals surface area contributed by atoms with Crippen molar-refractivity contribution in [2.24, 2.45) is 0 Å². The fourth-order valence-corrected chi connectivity index (χ4v) is 1.12. The Hall–Kier alpha value is -1.32. The monoisotopic (exact) mass is 212 g/mol. The van der Waals surface area contributed by atoms with Crippen molar-refractivity contribution in [2.45, 2.75) is 20.3 Å². The molecule has 0 N–H and O–H groups in total. The minimum absolute atomic E-state index is 0.0765. The predicted octanol–water partition coefficient (Wildman–Crippen LogP) is 0.889. The summed E-state index contributed by atoms with van der Waals surface area (Å²) in [5.74, 6) is 0.0125. The van der Waals surface area contributed by atoms with Gasteiger partial charge in [0.2, 0.25) is 11.8 Å². The molecule has 0 rings (SSSR count). The molecule has 0 radical (unpaired) electrons. The molecule has 0 saturated heterocycles. The third kappa shape index (κ3) is 4.63. The smallest absolute Gasteiger partial charge is 0.248 e. The van der Waals surface area contributed by atoms with Gasteiger partial charge in [-0.2, -0.15) is 0 Å². The van der Waals surface area contributed by atoms with Crippen LogP contribution in [-0.2, 0) is 9.59 Å². The molecule has 0 aromatic rings. The van der Waals surface area contributed by atoms with Crippen molar-refractivity contribution in [3.8, 4) is 0 Å². The molecule has 0 bridgehead atoms. The highest BCUT2D eigenvalue weighted by Crippen LogP contribution is 1.97. The number of rotatable bonds is 5. The van der Waals surface area contributed by atoms with Crippen LogP contribution < -0.4 is 0 Å². The lowest BCUT2D eigenvalue weighted by Crippen LogP contribution is -2.37. The van der Waals surface area contributed by atoms with Crippen LogP contribution in [-0.4, -0.2) is 48.8 Å². The highest BCUT2D eigenvalue weighted by atomic mass is 16.2. The van der Waals surface area contributed by atoms with Crippen LogP contribution in [0.2, 0.25) is 0 Å². The fraction of sp³-hybridized carbons (Fsp3) is 0.636. The molecule has 2 amide bonds. The van der Waals surface area contributed by atoms with Gasteiger partial charge in [0.15, 0.2) is 0 Å². The van der Waals surface area contributed by atoms with Crippen molar-refractivity contribution in [1.82, 2.24) is 9.80 Å². The second kappa shape index (κ2) is 6.22. The molecule has 0 aromatic carbocycles. The second-order valence-corrected chi connectivity index (χ2v) is 3.68. The number of hydrogen-bond acceptors (Lipinski definition) is 2. The van der Waals surface area contributed by atoms with E-state index in [-0.39, 0.29) is 11.8 Å². The molecule has 0 spiro atoms. The first-order chi connectivity index (χ1) is 6.90. The summed E-state index contributed by atoms with van der Waals surface area (Å²) in [6, 6.07) is 0. The van der Waals surface area contributed by atoms with E-state index < -0.39 is 0 Å². The number of nitrogens with zero attached hydrogens (tertiary/aromatic N) is 2. The second-order valence-electron chi connectivity index (χ2n) is 3.68. The van der Waals surface area contributed by atoms with Crippen molar-refractivity contribution in [1.29, 1.82) is 0 Å². The Morgan fingerprint density at radius 1 is 1.13 bits per heavy atom. The average Bonchev–Trinajstić information content (AvgIpc) is 2.22. The summed E-state index contributed by atoms with van der Waals surface area (Å²) in [5, 5.41) is 0. The molecule has 0 aliphatic carbocycles. The minimum atomic E-state index is -0.0765. The molecular weight excluding hydrogens is 192 g/mol. The molecule has 4 heteroatoms. The van der Waals surface area contributed by atoms with Crippen molar-refractivity contribution in [2.75, 3.05) is 27.2 Å². The third-order valence-corrected chi connectivity index (χ3v) is 2.21. The zero-order chi connectivity index (χ0) is 12.0. The number of hydrogen-bond donors (Lipinski definition) is 0. The van der Waals surface area contributed by atoms with E-state index in [9.17, 15) is 9.59 Å². The van der Waals surface area contributed by atoms with Gasteiger partial charge in [0.1, 0.15) is 0 Å². The molecule has 0 unspecified atom stereocenters. The molecule has 4 nitrogen and oxygen atoms in total. The lowest BCUT2D eigenvalue weighted by molar-refractivity contribution is -0.131. The maximum Gasteiger partial charge on any atom is 0.248 e. The summed E-state index contributed by atoms with van der Waals surface area (Å²) in [6.07, 6.45) is 0.495. The predicted molar refractivity (Wildman–Crippen MR) is 60.4 cm³/mol. The van der Waals surface area contributed by atoms with Gasteiger partial charge >= 0.3 is 0 Å². The van der Waals surface area contributed by atoms with Gasteiger partial charge in [0, 0.05) is 39.2 Å². The number of likely N-dealkylation sites (N-methyl/N-ethyl adjacent to an activating group) is 2. The van der Waals surface area contributed by atoms with Crippen LogP contribution in [0, 0.1) is 0 Å². The van der Waals surface area contributed by atoms with Crippen molar-refractivity contribution < 1.29 is 9.59 Å². The Balaban J connectivity index is 4.00. The van der Waals surface area contributed by atoms with Gasteiger partial charge in [-0.3, -0.25) is 9.59 Å². The van der Waals surface area contributed by atoms with E-state index in [4.69, 9.17) is 0 Å². The van der Waals surface area contributed by atoms with E-state index in [1.54, 1.807) is 30.8 Å². The Morgan fingerprint density at radius 3 is 2.00 bits per heavy atom. The SMILES string of the molecule is C=C(C)C(=O)N(C)CCN(C)C(=O)CC. The molecule has 15 heavy (non-hydrogen) atoms. The maximum atomic E-state index is 11.4. The summed E-state index contributed by atoms with van der Waals surface area (Å²) in [5.41, 5.74) is 0.516. The van der Waals surface area contributed by atoms with Gasteiger partial charge in [-0.05, 0) is 6.92 Å². The Morgan fingerprint density at radius 2 is 1.60 bits per heavy atom. The topological polar surface area (TPSA) is 40.6 Å². The van der Waals surface area contributed by atoms with E-state index >= 15 is 0 Å². The molecule has 86 valence electrons. The average molecular weight is 212 g/mol. The highest BCUT2D eigenvalue weighted by molar-refractivity contribution is 5.91. The minimum Gasteiger partial charge on any atom is -0.344 e. The van der Waals surface area contributed by atoms with E-state index in [0.29, 0.717) is 25.1 Å². The highest BCUT2D eigenvalue weighted by Gasteiger charge is 2.11. The molecule has 0 heterocycles. The zero-order valence-corrected chi connectivity index (χ0v) is 10.0. The van der Waals surface area contributed by atoms with Crippen molar-refractivity contribution >= 4 is 11.8 Å². The Bertz CT molecular complexity index is 261. The van der Waals surface area contributed by atoms with Crippen LogP contribution in [0.25, 0.3) is 0 Å². The molecular formula is C11H20N2O2. The normalized spacial score (nSPS) is 9.60. The quantitative estimate of drug-likeness (QED) is 0.635. The van der Waals surface area contributed by atoms with Gasteiger partial charge in [0.25, 0.3) is 0 Å². The maximum absolute atomic E-state index is 11.4. The Labute approximate surface area is 91.5 Å². The van der Waals surface area contributed by atoms with E-state index in [1.807, 2.05) is 6.92 Å².